The second-order valence-electron chi connectivity index (χ2n) is 5.38. The number of nitrogens with two attached hydrogens (primary N) is 1. The Morgan fingerprint density at radius 3 is 2.72 bits per heavy atom. The fourth-order valence-electron chi connectivity index (χ4n) is 3.15. The first-order valence-corrected chi connectivity index (χ1v) is 6.95. The Bertz CT molecular complexity index is 394. The predicted octanol–water partition coefficient (Wildman–Crippen LogP) is 2.04. The number of methoxy groups -OCH3 is 1. The van der Waals surface area contributed by atoms with Gasteiger partial charge in [-0.15, -0.1) is 0 Å². The predicted molar refractivity (Wildman–Crippen MR) is 72.5 cm³/mol. The first kappa shape index (κ1) is 13.6. The molecule has 1 saturated carbocycles. The molecule has 0 aliphatic heterocycles. The summed E-state index contributed by atoms with van der Waals surface area (Å²) in [4.78, 5) is 0. The average molecular weight is 251 g/mol. The second-order valence-corrected chi connectivity index (χ2v) is 5.38. The van der Waals surface area contributed by atoms with Crippen molar-refractivity contribution in [2.45, 2.75) is 64.1 Å². The van der Waals surface area contributed by atoms with Crippen molar-refractivity contribution >= 4 is 0 Å². The highest BCUT2D eigenvalue weighted by Gasteiger charge is 2.39. The van der Waals surface area contributed by atoms with Gasteiger partial charge >= 0.3 is 0 Å². The summed E-state index contributed by atoms with van der Waals surface area (Å²) in [6.07, 6.45) is 5.48. The maximum atomic E-state index is 6.42. The zero-order chi connectivity index (χ0) is 13.2. The Labute approximate surface area is 110 Å². The molecule has 1 aliphatic carbocycles. The lowest BCUT2D eigenvalue weighted by atomic mass is 9.89. The Morgan fingerprint density at radius 2 is 2.17 bits per heavy atom. The van der Waals surface area contributed by atoms with Gasteiger partial charge in [-0.05, 0) is 32.8 Å². The Morgan fingerprint density at radius 1 is 1.50 bits per heavy atom. The van der Waals surface area contributed by atoms with Gasteiger partial charge in [0.1, 0.15) is 0 Å². The summed E-state index contributed by atoms with van der Waals surface area (Å²) < 4.78 is 7.81. The number of nitrogens with zero attached hydrogens (tertiary/aromatic N) is 2. The molecular formula is C14H25N3O. The number of hydrogen-bond acceptors (Lipinski definition) is 3. The van der Waals surface area contributed by atoms with Crippen LogP contribution in [0, 0.1) is 6.92 Å². The highest BCUT2D eigenvalue weighted by molar-refractivity contribution is 5.12. The zero-order valence-corrected chi connectivity index (χ0v) is 11.8. The van der Waals surface area contributed by atoms with E-state index in [9.17, 15) is 0 Å². The molecule has 2 rings (SSSR count). The lowest BCUT2D eigenvalue weighted by Gasteiger charge is -2.34. The molecule has 1 aromatic rings. The molecule has 1 fully saturated rings. The smallest absolute Gasteiger partial charge is 0.0832 e. The monoisotopic (exact) mass is 251 g/mol. The highest BCUT2D eigenvalue weighted by atomic mass is 16.5. The minimum Gasteiger partial charge on any atom is -0.377 e. The van der Waals surface area contributed by atoms with Crippen molar-refractivity contribution in [1.82, 2.24) is 9.78 Å². The standard InChI is InChI=1S/C14H25N3O/c1-4-17-12(9-11(2)16-17)10-13(15)14(18-3)7-5-6-8-14/h9,13H,4-8,10,15H2,1-3H3. The third-order valence-electron chi connectivity index (χ3n) is 4.25. The molecule has 0 aromatic carbocycles. The van der Waals surface area contributed by atoms with Gasteiger partial charge in [0.2, 0.25) is 0 Å². The summed E-state index contributed by atoms with van der Waals surface area (Å²) in [5.41, 5.74) is 8.60. The molecule has 1 aliphatic rings. The van der Waals surface area contributed by atoms with E-state index in [1.54, 1.807) is 7.11 Å². The van der Waals surface area contributed by atoms with Gasteiger partial charge in [-0.2, -0.15) is 5.10 Å². The van der Waals surface area contributed by atoms with Crippen LogP contribution in [0.4, 0.5) is 0 Å². The van der Waals surface area contributed by atoms with E-state index in [2.05, 4.69) is 18.1 Å². The Balaban J connectivity index is 2.12. The van der Waals surface area contributed by atoms with Gasteiger partial charge in [0.15, 0.2) is 0 Å². The van der Waals surface area contributed by atoms with Crippen LogP contribution >= 0.6 is 0 Å². The summed E-state index contributed by atoms with van der Waals surface area (Å²) in [6.45, 7) is 5.04. The van der Waals surface area contributed by atoms with E-state index in [0.717, 1.165) is 31.5 Å². The molecule has 1 unspecified atom stereocenters. The van der Waals surface area contributed by atoms with Crippen molar-refractivity contribution in [1.29, 1.82) is 0 Å². The summed E-state index contributed by atoms with van der Waals surface area (Å²) in [7, 11) is 1.80. The third kappa shape index (κ3) is 2.45. The molecule has 0 saturated heterocycles. The molecule has 0 spiro atoms. The summed E-state index contributed by atoms with van der Waals surface area (Å²) >= 11 is 0. The van der Waals surface area contributed by atoms with Gasteiger partial charge in [0, 0.05) is 31.8 Å². The van der Waals surface area contributed by atoms with E-state index in [-0.39, 0.29) is 11.6 Å². The second kappa shape index (κ2) is 5.41. The van der Waals surface area contributed by atoms with Crippen molar-refractivity contribution in [3.63, 3.8) is 0 Å². The van der Waals surface area contributed by atoms with E-state index < -0.39 is 0 Å². The largest absolute Gasteiger partial charge is 0.377 e. The van der Waals surface area contributed by atoms with Gasteiger partial charge in [-0.25, -0.2) is 0 Å². The third-order valence-corrected chi connectivity index (χ3v) is 4.25. The topological polar surface area (TPSA) is 53.1 Å². The van der Waals surface area contributed by atoms with Crippen molar-refractivity contribution in [2.24, 2.45) is 5.73 Å². The SMILES string of the molecule is CCn1nc(C)cc1CC(N)C1(OC)CCCC1. The molecule has 1 atom stereocenters. The van der Waals surface area contributed by atoms with Crippen LogP contribution in [-0.4, -0.2) is 28.5 Å². The molecule has 1 heterocycles. The fraction of sp³-hybridized carbons (Fsp3) is 0.786. The maximum Gasteiger partial charge on any atom is 0.0832 e. The van der Waals surface area contributed by atoms with Crippen LogP contribution in [0.5, 0.6) is 0 Å². The summed E-state index contributed by atoms with van der Waals surface area (Å²) in [6, 6.07) is 2.20. The first-order chi connectivity index (χ1) is 8.61. The van der Waals surface area contributed by atoms with Crippen LogP contribution in [0.3, 0.4) is 0 Å². The van der Waals surface area contributed by atoms with E-state index >= 15 is 0 Å². The molecule has 2 N–H and O–H groups in total. The molecule has 0 bridgehead atoms. The van der Waals surface area contributed by atoms with Gasteiger partial charge in [-0.3, -0.25) is 4.68 Å². The lowest BCUT2D eigenvalue weighted by Crippen LogP contribution is -2.49. The van der Waals surface area contributed by atoms with Gasteiger partial charge in [-0.1, -0.05) is 12.8 Å². The average Bonchev–Trinajstić information content (AvgIpc) is 2.96. The van der Waals surface area contributed by atoms with Crippen LogP contribution in [0.25, 0.3) is 0 Å². The van der Waals surface area contributed by atoms with Crippen LogP contribution in [0.1, 0.15) is 44.0 Å². The van der Waals surface area contributed by atoms with Gasteiger partial charge in [0.25, 0.3) is 0 Å². The minimum atomic E-state index is -0.114. The maximum absolute atomic E-state index is 6.42. The molecule has 4 heteroatoms. The van der Waals surface area contributed by atoms with Crippen molar-refractivity contribution in [3.05, 3.63) is 17.5 Å². The van der Waals surface area contributed by atoms with Crippen LogP contribution < -0.4 is 5.73 Å². The zero-order valence-electron chi connectivity index (χ0n) is 11.8. The van der Waals surface area contributed by atoms with Crippen molar-refractivity contribution in [2.75, 3.05) is 7.11 Å². The minimum absolute atomic E-state index is 0.0615. The molecule has 0 amide bonds. The van der Waals surface area contributed by atoms with Crippen LogP contribution in [0.15, 0.2) is 6.07 Å². The normalized spacial score (nSPS) is 20.2. The quantitative estimate of drug-likeness (QED) is 0.871. The molecule has 0 radical (unpaired) electrons. The van der Waals surface area contributed by atoms with Gasteiger partial charge in [0.05, 0.1) is 11.3 Å². The first-order valence-electron chi connectivity index (χ1n) is 6.95. The number of hydrogen-bond donors (Lipinski definition) is 1. The number of aromatic nitrogens is 2. The summed E-state index contributed by atoms with van der Waals surface area (Å²) in [5.74, 6) is 0. The number of aryl methyl sites for hydroxylation is 2. The summed E-state index contributed by atoms with van der Waals surface area (Å²) in [5, 5.41) is 4.48. The molecular weight excluding hydrogens is 226 g/mol. The molecule has 4 nitrogen and oxygen atoms in total. The number of rotatable bonds is 5. The molecule has 102 valence electrons. The van der Waals surface area contributed by atoms with E-state index in [1.165, 1.54) is 18.5 Å². The fourth-order valence-corrected chi connectivity index (χ4v) is 3.15. The van der Waals surface area contributed by atoms with Gasteiger partial charge < -0.3 is 10.5 Å². The molecule has 18 heavy (non-hydrogen) atoms. The van der Waals surface area contributed by atoms with Crippen molar-refractivity contribution < 1.29 is 4.74 Å². The van der Waals surface area contributed by atoms with E-state index in [0.29, 0.717) is 0 Å². The Hall–Kier alpha value is -0.870. The highest BCUT2D eigenvalue weighted by Crippen LogP contribution is 2.35. The van der Waals surface area contributed by atoms with E-state index in [4.69, 9.17) is 10.5 Å². The Kier molecular flexibility index (Phi) is 4.07. The van der Waals surface area contributed by atoms with Crippen LogP contribution in [-0.2, 0) is 17.7 Å². The van der Waals surface area contributed by atoms with Crippen molar-refractivity contribution in [3.8, 4) is 0 Å². The van der Waals surface area contributed by atoms with E-state index in [1.807, 2.05) is 11.6 Å². The number of ether oxygens (including phenoxy) is 1. The van der Waals surface area contributed by atoms with Crippen LogP contribution in [0.2, 0.25) is 0 Å². The molecule has 1 aromatic heterocycles. The lowest BCUT2D eigenvalue weighted by molar-refractivity contribution is -0.0257.